The molecule has 170 valence electrons. The maximum atomic E-state index is 11.0. The number of rotatable bonds is 12. The molecule has 2 aromatic carbocycles. The van der Waals surface area contributed by atoms with Crippen molar-refractivity contribution >= 4 is 17.7 Å². The van der Waals surface area contributed by atoms with Crippen LogP contribution >= 0.6 is 11.8 Å². The third-order valence-electron chi connectivity index (χ3n) is 5.25. The van der Waals surface area contributed by atoms with Crippen molar-refractivity contribution in [1.82, 2.24) is 0 Å². The Hall–Kier alpha value is -2.66. The molecule has 1 unspecified atom stereocenters. The number of carbonyl (C=O) groups is 1. The number of benzene rings is 2. The van der Waals surface area contributed by atoms with Gasteiger partial charge in [-0.05, 0) is 67.8 Å². The molecule has 0 saturated heterocycles. The summed E-state index contributed by atoms with van der Waals surface area (Å²) in [5.41, 5.74) is 2.15. The molecule has 0 aromatic heterocycles. The second-order valence-electron chi connectivity index (χ2n) is 8.23. The first-order chi connectivity index (χ1) is 15.5. The summed E-state index contributed by atoms with van der Waals surface area (Å²) < 4.78 is 12.0. The number of hydrogen-bond acceptors (Lipinski definition) is 4. The van der Waals surface area contributed by atoms with Crippen LogP contribution in [-0.2, 0) is 11.2 Å². The van der Waals surface area contributed by atoms with Crippen molar-refractivity contribution < 1.29 is 19.4 Å². The topological polar surface area (TPSA) is 55.8 Å². The van der Waals surface area contributed by atoms with Gasteiger partial charge in [0.15, 0.2) is 0 Å². The third kappa shape index (κ3) is 7.49. The monoisotopic (exact) mass is 452 g/mol. The standard InChI is InChI=1S/C27H32O4S/c1-3-9-22-19-24(31-23-11-5-4-6-12-23)13-14-25(22)30-16-8-17-32-27(2)15-7-10-21(20-27)18-26(28)29/h4-7,10-15,19H,3,8-9,16-18,20H2,1-2H3,(H,28,29). The van der Waals surface area contributed by atoms with Gasteiger partial charge < -0.3 is 14.6 Å². The van der Waals surface area contributed by atoms with E-state index in [1.165, 1.54) is 5.56 Å². The Labute approximate surface area is 195 Å². The summed E-state index contributed by atoms with van der Waals surface area (Å²) in [4.78, 5) is 11.0. The highest BCUT2D eigenvalue weighted by Gasteiger charge is 2.25. The number of ether oxygens (including phenoxy) is 2. The zero-order valence-corrected chi connectivity index (χ0v) is 19.7. The molecule has 0 heterocycles. The predicted octanol–water partition coefficient (Wildman–Crippen LogP) is 7.05. The van der Waals surface area contributed by atoms with E-state index in [1.807, 2.05) is 66.4 Å². The summed E-state index contributed by atoms with van der Waals surface area (Å²) in [6.07, 6.45) is 9.91. The summed E-state index contributed by atoms with van der Waals surface area (Å²) in [6.45, 7) is 4.99. The van der Waals surface area contributed by atoms with E-state index in [9.17, 15) is 4.79 Å². The van der Waals surface area contributed by atoms with Crippen molar-refractivity contribution in [1.29, 1.82) is 0 Å². The van der Waals surface area contributed by atoms with Crippen LogP contribution in [0.15, 0.2) is 72.3 Å². The van der Waals surface area contributed by atoms with Gasteiger partial charge in [0, 0.05) is 4.75 Å². The normalized spacial score (nSPS) is 17.6. The SMILES string of the molecule is CCCc1cc(Oc2ccccc2)ccc1OCCCSC1(C)C=CC=C(CC(=O)O)C1. The molecule has 5 heteroatoms. The van der Waals surface area contributed by atoms with Crippen LogP contribution in [0.2, 0.25) is 0 Å². The Morgan fingerprint density at radius 2 is 1.97 bits per heavy atom. The average Bonchev–Trinajstić information content (AvgIpc) is 2.75. The Bertz CT molecular complexity index is 951. The zero-order valence-electron chi connectivity index (χ0n) is 18.9. The maximum Gasteiger partial charge on any atom is 0.307 e. The third-order valence-corrected chi connectivity index (χ3v) is 6.68. The number of thioether (sulfide) groups is 1. The molecule has 32 heavy (non-hydrogen) atoms. The highest BCUT2D eigenvalue weighted by atomic mass is 32.2. The molecule has 3 rings (SSSR count). The summed E-state index contributed by atoms with van der Waals surface area (Å²) in [5, 5.41) is 9.05. The second kappa shape index (κ2) is 11.8. The Morgan fingerprint density at radius 1 is 1.16 bits per heavy atom. The molecule has 1 aliphatic carbocycles. The fraction of sp³-hybridized carbons (Fsp3) is 0.370. The lowest BCUT2D eigenvalue weighted by molar-refractivity contribution is -0.136. The van der Waals surface area contributed by atoms with Crippen LogP contribution in [0.1, 0.15) is 45.1 Å². The molecule has 1 aliphatic rings. The second-order valence-corrected chi connectivity index (χ2v) is 9.86. The van der Waals surface area contributed by atoms with E-state index in [0.29, 0.717) is 6.61 Å². The highest BCUT2D eigenvalue weighted by molar-refractivity contribution is 8.00. The first kappa shape index (κ1) is 24.0. The fourth-order valence-corrected chi connectivity index (χ4v) is 4.96. The zero-order chi connectivity index (χ0) is 22.8. The molecule has 0 aliphatic heterocycles. The van der Waals surface area contributed by atoms with Gasteiger partial charge in [0.05, 0.1) is 13.0 Å². The van der Waals surface area contributed by atoms with Crippen LogP contribution in [-0.4, -0.2) is 28.2 Å². The highest BCUT2D eigenvalue weighted by Crippen LogP contribution is 2.37. The summed E-state index contributed by atoms with van der Waals surface area (Å²) in [7, 11) is 0. The van der Waals surface area contributed by atoms with Gasteiger partial charge in [0.2, 0.25) is 0 Å². The van der Waals surface area contributed by atoms with E-state index < -0.39 is 5.97 Å². The van der Waals surface area contributed by atoms with Crippen molar-refractivity contribution in [2.45, 2.75) is 50.7 Å². The molecular formula is C27H32O4S. The number of aliphatic carboxylic acids is 1. The molecule has 1 atom stereocenters. The van der Waals surface area contributed by atoms with Crippen LogP contribution < -0.4 is 9.47 Å². The lowest BCUT2D eigenvalue weighted by Gasteiger charge is -2.29. The van der Waals surface area contributed by atoms with Gasteiger partial charge in [0.1, 0.15) is 17.2 Å². The molecule has 4 nitrogen and oxygen atoms in total. The Morgan fingerprint density at radius 3 is 2.72 bits per heavy atom. The first-order valence-electron chi connectivity index (χ1n) is 11.2. The molecule has 0 amide bonds. The molecule has 0 saturated carbocycles. The van der Waals surface area contributed by atoms with Crippen LogP contribution in [0.25, 0.3) is 0 Å². The average molecular weight is 453 g/mol. The van der Waals surface area contributed by atoms with Crippen LogP contribution in [0.3, 0.4) is 0 Å². The van der Waals surface area contributed by atoms with E-state index in [0.717, 1.165) is 54.3 Å². The fourth-order valence-electron chi connectivity index (χ4n) is 3.77. The van der Waals surface area contributed by atoms with E-state index in [-0.39, 0.29) is 11.2 Å². The molecule has 1 N–H and O–H groups in total. The minimum atomic E-state index is -0.768. The van der Waals surface area contributed by atoms with Crippen molar-refractivity contribution in [2.75, 3.05) is 12.4 Å². The predicted molar refractivity (Wildman–Crippen MR) is 132 cm³/mol. The van der Waals surface area contributed by atoms with Crippen molar-refractivity contribution in [2.24, 2.45) is 0 Å². The van der Waals surface area contributed by atoms with Gasteiger partial charge in [-0.2, -0.15) is 11.8 Å². The number of carboxylic acids is 1. The Kier molecular flexibility index (Phi) is 8.86. The Balaban J connectivity index is 1.48. The smallest absolute Gasteiger partial charge is 0.307 e. The van der Waals surface area contributed by atoms with Crippen molar-refractivity contribution in [3.05, 3.63) is 77.9 Å². The van der Waals surface area contributed by atoms with Gasteiger partial charge in [-0.25, -0.2) is 0 Å². The lowest BCUT2D eigenvalue weighted by Crippen LogP contribution is -2.21. The van der Waals surface area contributed by atoms with Gasteiger partial charge in [0.25, 0.3) is 0 Å². The summed E-state index contributed by atoms with van der Waals surface area (Å²) in [5.74, 6) is 2.76. The molecule has 0 fully saturated rings. The van der Waals surface area contributed by atoms with Crippen molar-refractivity contribution in [3.8, 4) is 17.2 Å². The van der Waals surface area contributed by atoms with Crippen LogP contribution in [0, 0.1) is 0 Å². The van der Waals surface area contributed by atoms with Crippen molar-refractivity contribution in [3.63, 3.8) is 0 Å². The minimum absolute atomic E-state index is 0.0523. The molecule has 0 spiro atoms. The van der Waals surface area contributed by atoms with Gasteiger partial charge >= 0.3 is 5.97 Å². The number of aryl methyl sites for hydroxylation is 1. The van der Waals surface area contributed by atoms with Crippen LogP contribution in [0.4, 0.5) is 0 Å². The quantitative estimate of drug-likeness (QED) is 0.350. The van der Waals surface area contributed by atoms with E-state index in [1.54, 1.807) is 0 Å². The van der Waals surface area contributed by atoms with Gasteiger partial charge in [-0.1, -0.05) is 55.3 Å². The number of hydrogen-bond donors (Lipinski definition) is 1. The van der Waals surface area contributed by atoms with E-state index in [4.69, 9.17) is 14.6 Å². The lowest BCUT2D eigenvalue weighted by atomic mass is 9.93. The van der Waals surface area contributed by atoms with Gasteiger partial charge in [-0.3, -0.25) is 4.79 Å². The van der Waals surface area contributed by atoms with E-state index >= 15 is 0 Å². The molecule has 2 aromatic rings. The number of para-hydroxylation sites is 1. The molecular weight excluding hydrogens is 420 g/mol. The summed E-state index contributed by atoms with van der Waals surface area (Å²) in [6, 6.07) is 15.8. The minimum Gasteiger partial charge on any atom is -0.493 e. The molecule has 0 bridgehead atoms. The van der Waals surface area contributed by atoms with Gasteiger partial charge in [-0.15, -0.1) is 0 Å². The summed E-state index contributed by atoms with van der Waals surface area (Å²) >= 11 is 1.86. The largest absolute Gasteiger partial charge is 0.493 e. The van der Waals surface area contributed by atoms with Crippen LogP contribution in [0.5, 0.6) is 17.2 Å². The maximum absolute atomic E-state index is 11.0. The first-order valence-corrected chi connectivity index (χ1v) is 12.2. The van der Waals surface area contributed by atoms with E-state index in [2.05, 4.69) is 26.0 Å². The molecule has 0 radical (unpaired) electrons. The number of carboxylic acid groups (broad SMARTS) is 1. The number of allylic oxidation sites excluding steroid dienone is 2.